The van der Waals surface area contributed by atoms with Gasteiger partial charge in [0.05, 0.1) is 4.58 Å². The molecule has 0 aromatic heterocycles. The van der Waals surface area contributed by atoms with Gasteiger partial charge in [0.15, 0.2) is 0 Å². The SMILES string of the molecule is CCNCC1CCN(C(=O)c2ccc(C3SCCS3)cc2)CC1. The molecule has 2 saturated heterocycles. The molecule has 1 amide bonds. The fourth-order valence-electron chi connectivity index (χ4n) is 3.20. The number of carbonyl (C=O) groups is 1. The van der Waals surface area contributed by atoms with Crippen LogP contribution in [0.4, 0.5) is 0 Å². The van der Waals surface area contributed by atoms with Crippen molar-refractivity contribution in [2.75, 3.05) is 37.7 Å². The van der Waals surface area contributed by atoms with E-state index in [1.54, 1.807) is 0 Å². The molecule has 1 aromatic rings. The molecule has 2 heterocycles. The predicted octanol–water partition coefficient (Wildman–Crippen LogP) is 3.63. The summed E-state index contributed by atoms with van der Waals surface area (Å²) in [6.07, 6.45) is 2.23. The average Bonchev–Trinajstić information content (AvgIpc) is 3.14. The fourth-order valence-corrected chi connectivity index (χ4v) is 6.06. The number of amides is 1. The van der Waals surface area contributed by atoms with E-state index in [-0.39, 0.29) is 5.91 Å². The lowest BCUT2D eigenvalue weighted by Gasteiger charge is -2.32. The highest BCUT2D eigenvalue weighted by molar-refractivity contribution is 8.19. The Kier molecular flexibility index (Phi) is 6.31. The predicted molar refractivity (Wildman–Crippen MR) is 101 cm³/mol. The number of thioether (sulfide) groups is 2. The van der Waals surface area contributed by atoms with Crippen molar-refractivity contribution in [3.63, 3.8) is 0 Å². The van der Waals surface area contributed by atoms with Crippen LogP contribution in [0, 0.1) is 5.92 Å². The van der Waals surface area contributed by atoms with Crippen molar-refractivity contribution in [2.45, 2.75) is 24.3 Å². The van der Waals surface area contributed by atoms with Gasteiger partial charge in [-0.3, -0.25) is 4.79 Å². The van der Waals surface area contributed by atoms with Crippen LogP contribution in [-0.2, 0) is 0 Å². The normalized spacial score (nSPS) is 20.1. The number of benzene rings is 1. The molecule has 3 rings (SSSR count). The van der Waals surface area contributed by atoms with Crippen molar-refractivity contribution in [1.29, 1.82) is 0 Å². The zero-order valence-corrected chi connectivity index (χ0v) is 15.4. The third-order valence-electron chi connectivity index (χ3n) is 4.64. The van der Waals surface area contributed by atoms with Gasteiger partial charge in [-0.05, 0) is 49.5 Å². The molecule has 2 fully saturated rings. The number of nitrogens with one attached hydrogen (secondary N) is 1. The average molecular weight is 351 g/mol. The zero-order valence-electron chi connectivity index (χ0n) is 13.8. The summed E-state index contributed by atoms with van der Waals surface area (Å²) in [6.45, 7) is 6.05. The number of likely N-dealkylation sites (tertiary alicyclic amines) is 1. The van der Waals surface area contributed by atoms with Crippen LogP contribution >= 0.6 is 23.5 Å². The van der Waals surface area contributed by atoms with Gasteiger partial charge in [0.1, 0.15) is 0 Å². The van der Waals surface area contributed by atoms with E-state index in [0.29, 0.717) is 4.58 Å². The standard InChI is InChI=1S/C18H26N2OS2/c1-2-19-13-14-7-9-20(10-8-14)17(21)15-3-5-16(6-4-15)18-22-11-12-23-18/h3-6,14,18-19H,2,7-13H2,1H3. The molecule has 23 heavy (non-hydrogen) atoms. The van der Waals surface area contributed by atoms with Gasteiger partial charge in [0.2, 0.25) is 0 Å². The summed E-state index contributed by atoms with van der Waals surface area (Å²) in [5, 5.41) is 3.42. The van der Waals surface area contributed by atoms with Crippen molar-refractivity contribution in [2.24, 2.45) is 5.92 Å². The van der Waals surface area contributed by atoms with Crippen molar-refractivity contribution in [3.05, 3.63) is 35.4 Å². The third-order valence-corrected chi connectivity index (χ3v) is 7.74. The van der Waals surface area contributed by atoms with E-state index in [1.165, 1.54) is 17.1 Å². The maximum absolute atomic E-state index is 12.7. The number of hydrogen-bond donors (Lipinski definition) is 1. The molecule has 0 aliphatic carbocycles. The Morgan fingerprint density at radius 2 is 1.83 bits per heavy atom. The van der Waals surface area contributed by atoms with Gasteiger partial charge in [-0.1, -0.05) is 19.1 Å². The summed E-state index contributed by atoms with van der Waals surface area (Å²) in [7, 11) is 0. The Morgan fingerprint density at radius 3 is 2.43 bits per heavy atom. The smallest absolute Gasteiger partial charge is 0.253 e. The van der Waals surface area contributed by atoms with Crippen LogP contribution in [0.3, 0.4) is 0 Å². The van der Waals surface area contributed by atoms with Gasteiger partial charge in [-0.15, -0.1) is 23.5 Å². The van der Waals surface area contributed by atoms with E-state index in [0.717, 1.165) is 50.5 Å². The van der Waals surface area contributed by atoms with Crippen LogP contribution in [0.5, 0.6) is 0 Å². The summed E-state index contributed by atoms with van der Waals surface area (Å²) in [6, 6.07) is 8.31. The van der Waals surface area contributed by atoms with Gasteiger partial charge in [-0.2, -0.15) is 0 Å². The minimum atomic E-state index is 0.199. The van der Waals surface area contributed by atoms with Gasteiger partial charge in [-0.25, -0.2) is 0 Å². The first-order valence-electron chi connectivity index (χ1n) is 8.61. The number of nitrogens with zero attached hydrogens (tertiary/aromatic N) is 1. The van der Waals surface area contributed by atoms with Gasteiger partial charge in [0.25, 0.3) is 5.91 Å². The molecular formula is C18H26N2OS2. The molecule has 2 aliphatic heterocycles. The summed E-state index contributed by atoms with van der Waals surface area (Å²) in [4.78, 5) is 14.7. The summed E-state index contributed by atoms with van der Waals surface area (Å²) >= 11 is 4.01. The van der Waals surface area contributed by atoms with Crippen molar-refractivity contribution in [3.8, 4) is 0 Å². The molecular weight excluding hydrogens is 324 g/mol. The molecule has 126 valence electrons. The monoisotopic (exact) mass is 350 g/mol. The minimum absolute atomic E-state index is 0.199. The second-order valence-corrected chi connectivity index (χ2v) is 8.96. The molecule has 5 heteroatoms. The van der Waals surface area contributed by atoms with Crippen molar-refractivity contribution in [1.82, 2.24) is 10.2 Å². The van der Waals surface area contributed by atoms with Crippen LogP contribution in [-0.4, -0.2) is 48.5 Å². The zero-order chi connectivity index (χ0) is 16.1. The van der Waals surface area contributed by atoms with Crippen molar-refractivity contribution < 1.29 is 4.79 Å². The molecule has 3 nitrogen and oxygen atoms in total. The molecule has 0 unspecified atom stereocenters. The van der Waals surface area contributed by atoms with Crippen LogP contribution < -0.4 is 5.32 Å². The topological polar surface area (TPSA) is 32.3 Å². The number of carbonyl (C=O) groups excluding carboxylic acids is 1. The maximum atomic E-state index is 12.7. The Bertz CT molecular complexity index is 506. The second-order valence-electron chi connectivity index (χ2n) is 6.24. The Morgan fingerprint density at radius 1 is 1.17 bits per heavy atom. The lowest BCUT2D eigenvalue weighted by atomic mass is 9.96. The lowest BCUT2D eigenvalue weighted by molar-refractivity contribution is 0.0690. The van der Waals surface area contributed by atoms with E-state index in [1.807, 2.05) is 40.6 Å². The first kappa shape index (κ1) is 17.2. The highest BCUT2D eigenvalue weighted by atomic mass is 32.2. The maximum Gasteiger partial charge on any atom is 0.253 e. The van der Waals surface area contributed by atoms with Gasteiger partial charge >= 0.3 is 0 Å². The Balaban J connectivity index is 1.54. The quantitative estimate of drug-likeness (QED) is 0.879. The molecule has 0 bridgehead atoms. The summed E-state index contributed by atoms with van der Waals surface area (Å²) in [5.74, 6) is 3.39. The second kappa shape index (κ2) is 8.45. The van der Waals surface area contributed by atoms with E-state index in [2.05, 4.69) is 24.4 Å². The van der Waals surface area contributed by atoms with Crippen LogP contribution in [0.2, 0.25) is 0 Å². The molecule has 0 spiro atoms. The van der Waals surface area contributed by atoms with Crippen molar-refractivity contribution >= 4 is 29.4 Å². The molecule has 2 aliphatic rings. The Hall–Kier alpha value is -0.650. The molecule has 0 radical (unpaired) electrons. The molecule has 0 saturated carbocycles. The van der Waals surface area contributed by atoms with E-state index < -0.39 is 0 Å². The number of piperidine rings is 1. The molecule has 1 aromatic carbocycles. The van der Waals surface area contributed by atoms with Gasteiger partial charge < -0.3 is 10.2 Å². The fraction of sp³-hybridized carbons (Fsp3) is 0.611. The first-order chi connectivity index (χ1) is 11.3. The highest BCUT2D eigenvalue weighted by Gasteiger charge is 2.24. The third kappa shape index (κ3) is 4.46. The van der Waals surface area contributed by atoms with E-state index in [4.69, 9.17) is 0 Å². The molecule has 0 atom stereocenters. The highest BCUT2D eigenvalue weighted by Crippen LogP contribution is 2.45. The van der Waals surface area contributed by atoms with Gasteiger partial charge in [0, 0.05) is 30.2 Å². The Labute approximate surface area is 148 Å². The molecule has 1 N–H and O–H groups in total. The largest absolute Gasteiger partial charge is 0.339 e. The number of rotatable bonds is 5. The summed E-state index contributed by atoms with van der Waals surface area (Å²) in [5.41, 5.74) is 2.19. The lowest BCUT2D eigenvalue weighted by Crippen LogP contribution is -2.40. The summed E-state index contributed by atoms with van der Waals surface area (Å²) < 4.78 is 0.556. The first-order valence-corrected chi connectivity index (χ1v) is 10.7. The van der Waals surface area contributed by atoms with E-state index in [9.17, 15) is 4.79 Å². The van der Waals surface area contributed by atoms with E-state index >= 15 is 0 Å². The minimum Gasteiger partial charge on any atom is -0.339 e. The van der Waals surface area contributed by atoms with Crippen LogP contribution in [0.25, 0.3) is 0 Å². The van der Waals surface area contributed by atoms with Crippen LogP contribution in [0.15, 0.2) is 24.3 Å². The van der Waals surface area contributed by atoms with Crippen LogP contribution in [0.1, 0.15) is 40.3 Å². The number of hydrogen-bond acceptors (Lipinski definition) is 4.